The van der Waals surface area contributed by atoms with Crippen molar-refractivity contribution in [2.45, 2.75) is 6.17 Å². The lowest BCUT2D eigenvalue weighted by Gasteiger charge is -2.10. The van der Waals surface area contributed by atoms with Crippen LogP contribution in [-0.2, 0) is 0 Å². The van der Waals surface area contributed by atoms with Crippen molar-refractivity contribution >= 4 is 0 Å². The van der Waals surface area contributed by atoms with E-state index in [0.717, 1.165) is 13.2 Å². The Kier molecular flexibility index (Phi) is 1.27. The second-order valence-electron chi connectivity index (χ2n) is 1.94. The van der Waals surface area contributed by atoms with Gasteiger partial charge in [0, 0.05) is 13.2 Å². The molecule has 3 nitrogen and oxygen atoms in total. The molecule has 0 spiro atoms. The summed E-state index contributed by atoms with van der Waals surface area (Å²) < 4.78 is 0. The molecule has 1 aliphatic rings. The fraction of sp³-hybridized carbons (Fsp3) is 1.00. The summed E-state index contributed by atoms with van der Waals surface area (Å²) in [4.78, 5) is 2.07. The van der Waals surface area contributed by atoms with Gasteiger partial charge in [-0.2, -0.15) is 0 Å². The van der Waals surface area contributed by atoms with Crippen LogP contribution in [-0.4, -0.2) is 31.3 Å². The lowest BCUT2D eigenvalue weighted by molar-refractivity contribution is 0.323. The van der Waals surface area contributed by atoms with Gasteiger partial charge in [-0.1, -0.05) is 0 Å². The minimum absolute atomic E-state index is 0.236. The van der Waals surface area contributed by atoms with Gasteiger partial charge in [-0.15, -0.1) is 0 Å². The molecule has 0 aromatic heterocycles. The molecule has 1 rings (SSSR count). The maximum absolute atomic E-state index is 5.54. The summed E-state index contributed by atoms with van der Waals surface area (Å²) in [6.07, 6.45) is 0.236. The summed E-state index contributed by atoms with van der Waals surface area (Å²) in [5.74, 6) is 0. The summed E-state index contributed by atoms with van der Waals surface area (Å²) in [5.41, 5.74) is 5.54. The number of nitrogens with zero attached hydrogens (tertiary/aromatic N) is 1. The molecule has 7 heavy (non-hydrogen) atoms. The minimum Gasteiger partial charge on any atom is -0.315 e. The van der Waals surface area contributed by atoms with Gasteiger partial charge in [-0.05, 0) is 7.05 Å². The van der Waals surface area contributed by atoms with E-state index in [4.69, 9.17) is 5.73 Å². The number of nitrogens with two attached hydrogens (primary N) is 1. The van der Waals surface area contributed by atoms with Crippen LogP contribution in [0.1, 0.15) is 0 Å². The summed E-state index contributed by atoms with van der Waals surface area (Å²) >= 11 is 0. The van der Waals surface area contributed by atoms with Crippen molar-refractivity contribution < 1.29 is 0 Å². The predicted octanol–water partition coefficient (Wildman–Crippen LogP) is -1.24. The topological polar surface area (TPSA) is 41.3 Å². The average Bonchev–Trinajstić information content (AvgIpc) is 1.91. The van der Waals surface area contributed by atoms with Gasteiger partial charge < -0.3 is 11.1 Å². The molecule has 0 bridgehead atoms. The van der Waals surface area contributed by atoms with Crippen LogP contribution >= 0.6 is 0 Å². The zero-order chi connectivity index (χ0) is 5.28. The van der Waals surface area contributed by atoms with Crippen LogP contribution in [0.25, 0.3) is 0 Å². The molecule has 0 aliphatic carbocycles. The molecule has 1 atom stereocenters. The molecule has 0 aromatic rings. The molecule has 3 heteroatoms. The van der Waals surface area contributed by atoms with Crippen molar-refractivity contribution in [1.82, 2.24) is 10.2 Å². The number of nitrogens with one attached hydrogen (secondary N) is 1. The van der Waals surface area contributed by atoms with Crippen molar-refractivity contribution in [3.05, 3.63) is 0 Å². The molecule has 3 N–H and O–H groups in total. The van der Waals surface area contributed by atoms with Gasteiger partial charge in [0.1, 0.15) is 0 Å². The number of hydrogen-bond acceptors (Lipinski definition) is 3. The maximum atomic E-state index is 5.54. The number of likely N-dealkylation sites (N-methyl/N-ethyl adjacent to an activating group) is 1. The Bertz CT molecular complexity index is 56.0. The van der Waals surface area contributed by atoms with Gasteiger partial charge in [0.15, 0.2) is 0 Å². The lowest BCUT2D eigenvalue weighted by atomic mass is 10.5. The Morgan fingerprint density at radius 3 is 2.71 bits per heavy atom. The summed E-state index contributed by atoms with van der Waals surface area (Å²) in [5, 5.41) is 3.12. The number of rotatable bonds is 0. The highest BCUT2D eigenvalue weighted by Gasteiger charge is 2.13. The van der Waals surface area contributed by atoms with Gasteiger partial charge in [-0.3, -0.25) is 4.90 Å². The first-order chi connectivity index (χ1) is 3.30. The quantitative estimate of drug-likeness (QED) is 0.401. The van der Waals surface area contributed by atoms with Crippen molar-refractivity contribution in [3.8, 4) is 0 Å². The van der Waals surface area contributed by atoms with E-state index in [9.17, 15) is 0 Å². The van der Waals surface area contributed by atoms with Gasteiger partial charge in [0.25, 0.3) is 0 Å². The van der Waals surface area contributed by atoms with Crippen LogP contribution in [0, 0.1) is 0 Å². The third kappa shape index (κ3) is 0.907. The molecular weight excluding hydrogens is 90.1 g/mol. The molecule has 1 saturated heterocycles. The van der Waals surface area contributed by atoms with Crippen molar-refractivity contribution in [2.75, 3.05) is 20.3 Å². The lowest BCUT2D eigenvalue weighted by Crippen LogP contribution is -2.34. The molecule has 1 heterocycles. The summed E-state index contributed by atoms with van der Waals surface area (Å²) in [6.45, 7) is 1.86. The molecule has 0 saturated carbocycles. The highest BCUT2D eigenvalue weighted by atomic mass is 15.3. The molecule has 1 fully saturated rings. The molecule has 0 aromatic carbocycles. The zero-order valence-corrected chi connectivity index (χ0v) is 4.52. The monoisotopic (exact) mass is 101 g/mol. The Balaban J connectivity index is 2.33. The van der Waals surface area contributed by atoms with Gasteiger partial charge in [0.05, 0.1) is 6.17 Å². The fourth-order valence-electron chi connectivity index (χ4n) is 0.662. The van der Waals surface area contributed by atoms with Crippen LogP contribution in [0.5, 0.6) is 0 Å². The first kappa shape index (κ1) is 5.03. The van der Waals surface area contributed by atoms with E-state index in [1.807, 2.05) is 7.05 Å². The van der Waals surface area contributed by atoms with E-state index in [2.05, 4.69) is 10.2 Å². The third-order valence-corrected chi connectivity index (χ3v) is 1.28. The largest absolute Gasteiger partial charge is 0.315 e. The van der Waals surface area contributed by atoms with Crippen molar-refractivity contribution in [2.24, 2.45) is 5.73 Å². The summed E-state index contributed by atoms with van der Waals surface area (Å²) in [6, 6.07) is 0. The third-order valence-electron chi connectivity index (χ3n) is 1.28. The maximum Gasteiger partial charge on any atom is 0.0708 e. The standard InChI is InChI=1S/C4H11N3/c1-7-3-6-2-4(7)5/h4,6H,2-3,5H2,1H3. The fourth-order valence-corrected chi connectivity index (χ4v) is 0.662. The highest BCUT2D eigenvalue weighted by Crippen LogP contribution is 1.90. The molecule has 0 amide bonds. The average molecular weight is 101 g/mol. The van der Waals surface area contributed by atoms with Crippen LogP contribution in [0.15, 0.2) is 0 Å². The second-order valence-corrected chi connectivity index (χ2v) is 1.94. The minimum atomic E-state index is 0.236. The van der Waals surface area contributed by atoms with Crippen LogP contribution in [0.4, 0.5) is 0 Å². The molecular formula is C4H11N3. The van der Waals surface area contributed by atoms with Gasteiger partial charge in [-0.25, -0.2) is 0 Å². The zero-order valence-electron chi connectivity index (χ0n) is 4.52. The highest BCUT2D eigenvalue weighted by molar-refractivity contribution is 4.69. The van der Waals surface area contributed by atoms with Gasteiger partial charge >= 0.3 is 0 Å². The summed E-state index contributed by atoms with van der Waals surface area (Å²) in [7, 11) is 2.00. The molecule has 1 unspecified atom stereocenters. The van der Waals surface area contributed by atoms with E-state index >= 15 is 0 Å². The van der Waals surface area contributed by atoms with Gasteiger partial charge in [0.2, 0.25) is 0 Å². The Labute approximate surface area is 43.5 Å². The molecule has 0 radical (unpaired) electrons. The van der Waals surface area contributed by atoms with E-state index in [-0.39, 0.29) is 6.17 Å². The second kappa shape index (κ2) is 1.78. The van der Waals surface area contributed by atoms with E-state index in [1.165, 1.54) is 0 Å². The first-order valence-corrected chi connectivity index (χ1v) is 2.47. The Hall–Kier alpha value is -0.120. The molecule has 1 aliphatic heterocycles. The normalized spacial score (nSPS) is 34.3. The van der Waals surface area contributed by atoms with Crippen molar-refractivity contribution in [3.63, 3.8) is 0 Å². The Morgan fingerprint density at radius 1 is 1.86 bits per heavy atom. The first-order valence-electron chi connectivity index (χ1n) is 2.47. The Morgan fingerprint density at radius 2 is 2.57 bits per heavy atom. The predicted molar refractivity (Wildman–Crippen MR) is 28.6 cm³/mol. The van der Waals surface area contributed by atoms with E-state index in [0.29, 0.717) is 0 Å². The number of hydrogen-bond donors (Lipinski definition) is 2. The van der Waals surface area contributed by atoms with E-state index in [1.54, 1.807) is 0 Å². The SMILES string of the molecule is CN1CNCC1N. The van der Waals surface area contributed by atoms with Crippen molar-refractivity contribution in [1.29, 1.82) is 0 Å². The van der Waals surface area contributed by atoms with Crippen LogP contribution in [0.2, 0.25) is 0 Å². The van der Waals surface area contributed by atoms with Crippen LogP contribution in [0.3, 0.4) is 0 Å². The molecule has 42 valence electrons. The van der Waals surface area contributed by atoms with Crippen LogP contribution < -0.4 is 11.1 Å². The van der Waals surface area contributed by atoms with E-state index < -0.39 is 0 Å². The smallest absolute Gasteiger partial charge is 0.0708 e.